The lowest BCUT2D eigenvalue weighted by Crippen LogP contribution is -2.47. The number of urea groups is 1. The number of rotatable bonds is 7. The Morgan fingerprint density at radius 1 is 1.50 bits per heavy atom. The monoisotopic (exact) mass is 283 g/mol. The number of hydrogen-bond donors (Lipinski definition) is 3. The highest BCUT2D eigenvalue weighted by molar-refractivity contribution is 5.73. The Morgan fingerprint density at radius 3 is 2.80 bits per heavy atom. The number of aryl methyl sites for hydroxylation is 1. The normalized spacial score (nSPS) is 14.1. The summed E-state index contributed by atoms with van der Waals surface area (Å²) >= 11 is 0. The molecule has 0 aliphatic heterocycles. The number of aromatic nitrogens is 3. The van der Waals surface area contributed by atoms with Crippen LogP contribution in [0.5, 0.6) is 0 Å². The molecule has 0 fully saturated rings. The summed E-state index contributed by atoms with van der Waals surface area (Å²) in [6.45, 7) is 8.89. The maximum Gasteiger partial charge on any atom is 0.314 e. The standard InChI is InChI=1S/C13H25N5O2/c1-5-11-17-16-9-18(11)7-6-14-12(19)15-8-13(4,20)10(2)3/h9-10,20H,5-8H2,1-4H3,(H2,14,15,19). The Labute approximate surface area is 119 Å². The van der Waals surface area contributed by atoms with E-state index in [4.69, 9.17) is 0 Å². The molecule has 1 atom stereocenters. The molecule has 0 saturated heterocycles. The zero-order valence-electron chi connectivity index (χ0n) is 12.7. The zero-order valence-corrected chi connectivity index (χ0v) is 12.7. The number of amides is 2. The number of nitrogens with zero attached hydrogens (tertiary/aromatic N) is 3. The van der Waals surface area contributed by atoms with Crippen molar-refractivity contribution in [2.24, 2.45) is 5.92 Å². The lowest BCUT2D eigenvalue weighted by atomic mass is 9.93. The second-order valence-corrected chi connectivity index (χ2v) is 5.42. The van der Waals surface area contributed by atoms with Crippen LogP contribution < -0.4 is 10.6 Å². The van der Waals surface area contributed by atoms with Gasteiger partial charge in [0, 0.05) is 26.1 Å². The van der Waals surface area contributed by atoms with Gasteiger partial charge in [-0.15, -0.1) is 10.2 Å². The fourth-order valence-corrected chi connectivity index (χ4v) is 1.56. The van der Waals surface area contributed by atoms with Gasteiger partial charge in [0.25, 0.3) is 0 Å². The zero-order chi connectivity index (χ0) is 15.2. The van der Waals surface area contributed by atoms with Crippen LogP contribution in [0.25, 0.3) is 0 Å². The van der Waals surface area contributed by atoms with E-state index in [1.54, 1.807) is 13.3 Å². The summed E-state index contributed by atoms with van der Waals surface area (Å²) in [6.07, 6.45) is 2.46. The largest absolute Gasteiger partial charge is 0.388 e. The van der Waals surface area contributed by atoms with Gasteiger partial charge in [-0.3, -0.25) is 0 Å². The second kappa shape index (κ2) is 7.23. The number of carbonyl (C=O) groups excluding carboxylic acids is 1. The molecule has 1 unspecified atom stereocenters. The molecule has 1 rings (SSSR count). The maximum atomic E-state index is 11.6. The molecule has 0 aliphatic carbocycles. The van der Waals surface area contributed by atoms with Crippen molar-refractivity contribution < 1.29 is 9.90 Å². The molecule has 7 heteroatoms. The molecule has 114 valence electrons. The van der Waals surface area contributed by atoms with Crippen LogP contribution in [0.3, 0.4) is 0 Å². The van der Waals surface area contributed by atoms with E-state index in [-0.39, 0.29) is 18.5 Å². The molecule has 0 saturated carbocycles. The van der Waals surface area contributed by atoms with Crippen LogP contribution in [0.15, 0.2) is 6.33 Å². The van der Waals surface area contributed by atoms with Gasteiger partial charge in [-0.25, -0.2) is 4.79 Å². The van der Waals surface area contributed by atoms with Crippen molar-refractivity contribution in [2.45, 2.75) is 46.3 Å². The van der Waals surface area contributed by atoms with Crippen molar-refractivity contribution >= 4 is 6.03 Å². The maximum absolute atomic E-state index is 11.6. The minimum absolute atomic E-state index is 0.0759. The van der Waals surface area contributed by atoms with Crippen LogP contribution in [0.2, 0.25) is 0 Å². The van der Waals surface area contributed by atoms with Crippen LogP contribution in [-0.2, 0) is 13.0 Å². The third kappa shape index (κ3) is 4.80. The van der Waals surface area contributed by atoms with E-state index in [2.05, 4.69) is 20.8 Å². The van der Waals surface area contributed by atoms with Gasteiger partial charge >= 0.3 is 6.03 Å². The Bertz CT molecular complexity index is 428. The van der Waals surface area contributed by atoms with Crippen molar-refractivity contribution in [1.82, 2.24) is 25.4 Å². The van der Waals surface area contributed by atoms with E-state index in [0.717, 1.165) is 12.2 Å². The molecule has 1 heterocycles. The first kappa shape index (κ1) is 16.4. The SMILES string of the molecule is CCc1nncn1CCNC(=O)NCC(C)(O)C(C)C. The van der Waals surface area contributed by atoms with Gasteiger partial charge in [-0.2, -0.15) is 0 Å². The number of nitrogens with one attached hydrogen (secondary N) is 2. The van der Waals surface area contributed by atoms with Crippen molar-refractivity contribution in [1.29, 1.82) is 0 Å². The summed E-state index contributed by atoms with van der Waals surface area (Å²) in [5.41, 5.74) is -0.902. The minimum atomic E-state index is -0.902. The predicted octanol–water partition coefficient (Wildman–Crippen LogP) is 0.547. The highest BCUT2D eigenvalue weighted by Gasteiger charge is 2.25. The third-order valence-corrected chi connectivity index (χ3v) is 3.50. The molecule has 1 aromatic rings. The number of aliphatic hydroxyl groups is 1. The average Bonchev–Trinajstić information content (AvgIpc) is 2.84. The van der Waals surface area contributed by atoms with Crippen LogP contribution in [0.4, 0.5) is 4.79 Å². The minimum Gasteiger partial charge on any atom is -0.388 e. The average molecular weight is 283 g/mol. The van der Waals surface area contributed by atoms with Crippen molar-refractivity contribution in [3.05, 3.63) is 12.2 Å². The van der Waals surface area contributed by atoms with Gasteiger partial charge < -0.3 is 20.3 Å². The summed E-state index contributed by atoms with van der Waals surface area (Å²) in [5, 5.41) is 23.2. The Balaban J connectivity index is 2.27. The highest BCUT2D eigenvalue weighted by Crippen LogP contribution is 2.14. The van der Waals surface area contributed by atoms with Crippen molar-refractivity contribution in [3.8, 4) is 0 Å². The molecule has 2 amide bonds. The quantitative estimate of drug-likeness (QED) is 0.681. The lowest BCUT2D eigenvalue weighted by molar-refractivity contribution is 0.0166. The van der Waals surface area contributed by atoms with E-state index in [9.17, 15) is 9.90 Å². The first-order valence-corrected chi connectivity index (χ1v) is 6.97. The molecule has 0 bridgehead atoms. The number of carbonyl (C=O) groups is 1. The Hall–Kier alpha value is -1.63. The summed E-state index contributed by atoms with van der Waals surface area (Å²) in [6, 6.07) is -0.281. The van der Waals surface area contributed by atoms with E-state index >= 15 is 0 Å². The van der Waals surface area contributed by atoms with Crippen LogP contribution in [-0.4, -0.2) is 44.6 Å². The van der Waals surface area contributed by atoms with Crippen LogP contribution in [0.1, 0.15) is 33.5 Å². The summed E-state index contributed by atoms with van der Waals surface area (Å²) in [7, 11) is 0. The lowest BCUT2D eigenvalue weighted by Gasteiger charge is -2.27. The molecule has 20 heavy (non-hydrogen) atoms. The topological polar surface area (TPSA) is 92.1 Å². The molecule has 0 radical (unpaired) electrons. The van der Waals surface area contributed by atoms with Gasteiger partial charge in [0.2, 0.25) is 0 Å². The molecule has 3 N–H and O–H groups in total. The summed E-state index contributed by atoms with van der Waals surface area (Å²) in [5.74, 6) is 0.974. The van der Waals surface area contributed by atoms with Gasteiger partial charge in [0.15, 0.2) is 0 Å². The van der Waals surface area contributed by atoms with E-state index in [1.165, 1.54) is 0 Å². The first-order valence-electron chi connectivity index (χ1n) is 6.97. The fourth-order valence-electron chi connectivity index (χ4n) is 1.56. The second-order valence-electron chi connectivity index (χ2n) is 5.42. The fraction of sp³-hybridized carbons (Fsp3) is 0.769. The molecule has 0 aromatic carbocycles. The van der Waals surface area contributed by atoms with Gasteiger partial charge in [-0.1, -0.05) is 20.8 Å². The smallest absolute Gasteiger partial charge is 0.314 e. The molecule has 0 spiro atoms. The van der Waals surface area contributed by atoms with Crippen molar-refractivity contribution in [2.75, 3.05) is 13.1 Å². The Morgan fingerprint density at radius 2 is 2.20 bits per heavy atom. The van der Waals surface area contributed by atoms with Crippen molar-refractivity contribution in [3.63, 3.8) is 0 Å². The van der Waals surface area contributed by atoms with Gasteiger partial charge in [0.05, 0.1) is 5.60 Å². The Kier molecular flexibility index (Phi) is 5.94. The molecular formula is C13H25N5O2. The number of hydrogen-bond acceptors (Lipinski definition) is 4. The van der Waals surface area contributed by atoms with E-state index < -0.39 is 5.60 Å². The molecule has 1 aromatic heterocycles. The van der Waals surface area contributed by atoms with Gasteiger partial charge in [-0.05, 0) is 12.8 Å². The molecular weight excluding hydrogens is 258 g/mol. The highest BCUT2D eigenvalue weighted by atomic mass is 16.3. The predicted molar refractivity (Wildman–Crippen MR) is 76.3 cm³/mol. The molecule has 7 nitrogen and oxygen atoms in total. The molecule has 0 aliphatic rings. The summed E-state index contributed by atoms with van der Waals surface area (Å²) in [4.78, 5) is 11.6. The van der Waals surface area contributed by atoms with Crippen LogP contribution in [0, 0.1) is 5.92 Å². The van der Waals surface area contributed by atoms with E-state index in [0.29, 0.717) is 13.1 Å². The van der Waals surface area contributed by atoms with E-state index in [1.807, 2.05) is 25.3 Å². The summed E-state index contributed by atoms with van der Waals surface area (Å²) < 4.78 is 1.91. The first-order chi connectivity index (χ1) is 9.36. The third-order valence-electron chi connectivity index (χ3n) is 3.50. The van der Waals surface area contributed by atoms with Crippen LogP contribution >= 0.6 is 0 Å². The van der Waals surface area contributed by atoms with Gasteiger partial charge in [0.1, 0.15) is 12.2 Å².